The van der Waals surface area contributed by atoms with E-state index in [4.69, 9.17) is 0 Å². The van der Waals surface area contributed by atoms with E-state index in [9.17, 15) is 4.39 Å². The van der Waals surface area contributed by atoms with Gasteiger partial charge in [-0.25, -0.2) is 19.3 Å². The molecule has 0 fully saturated rings. The number of aromatic nitrogens is 4. The highest BCUT2D eigenvalue weighted by atomic mass is 19.1. The molecule has 0 bridgehead atoms. The molecule has 0 aliphatic rings. The van der Waals surface area contributed by atoms with E-state index >= 15 is 0 Å². The van der Waals surface area contributed by atoms with Gasteiger partial charge in [-0.05, 0) is 36.8 Å². The van der Waals surface area contributed by atoms with Crippen LogP contribution in [0, 0.1) is 12.7 Å². The number of nitrogens with one attached hydrogen (secondary N) is 2. The lowest BCUT2D eigenvalue weighted by Gasteiger charge is -2.09. The molecule has 0 aliphatic heterocycles. The van der Waals surface area contributed by atoms with E-state index in [0.717, 1.165) is 11.4 Å². The second-order valence-corrected chi connectivity index (χ2v) is 6.24. The molecule has 0 radical (unpaired) electrons. The number of anilines is 2. The number of rotatable bonds is 5. The minimum Gasteiger partial charge on any atom is -0.345 e. The molecular weight excluding hydrogens is 341 g/mol. The highest BCUT2D eigenvalue weighted by molar-refractivity contribution is 5.63. The summed E-state index contributed by atoms with van der Waals surface area (Å²) >= 11 is 0. The smallest absolute Gasteiger partial charge is 0.227 e. The molecule has 2 N–H and O–H groups in total. The molecule has 5 nitrogen and oxygen atoms in total. The summed E-state index contributed by atoms with van der Waals surface area (Å²) in [4.78, 5) is 16.0. The first-order chi connectivity index (χ1) is 13.2. The van der Waals surface area contributed by atoms with E-state index in [0.29, 0.717) is 29.4 Å². The van der Waals surface area contributed by atoms with Crippen LogP contribution < -0.4 is 5.32 Å². The first-order valence-electron chi connectivity index (χ1n) is 8.62. The molecule has 2 heterocycles. The van der Waals surface area contributed by atoms with E-state index in [2.05, 4.69) is 37.4 Å². The minimum atomic E-state index is -0.368. The standard InChI is InChI=1S/C21H18FN5/c1-14-11-17(12-15-5-3-2-4-6-15)27-21(25-14)26-16-7-8-18(19(22)13-16)20-23-9-10-24-20/h2-11,13H,12H2,1H3,(H,23,24)(H,25,26,27). The third-order valence-corrected chi connectivity index (χ3v) is 4.11. The van der Waals surface area contributed by atoms with Crippen molar-refractivity contribution in [1.29, 1.82) is 0 Å². The zero-order valence-corrected chi connectivity index (χ0v) is 14.8. The third kappa shape index (κ3) is 4.00. The van der Waals surface area contributed by atoms with Crippen molar-refractivity contribution >= 4 is 11.6 Å². The van der Waals surface area contributed by atoms with Crippen molar-refractivity contribution in [2.45, 2.75) is 13.3 Å². The van der Waals surface area contributed by atoms with Crippen molar-refractivity contribution in [3.05, 3.63) is 89.8 Å². The van der Waals surface area contributed by atoms with Gasteiger partial charge in [0.25, 0.3) is 0 Å². The average molecular weight is 359 g/mol. The number of hydrogen-bond donors (Lipinski definition) is 2. The van der Waals surface area contributed by atoms with Crippen molar-refractivity contribution in [3.63, 3.8) is 0 Å². The summed E-state index contributed by atoms with van der Waals surface area (Å²) in [6.07, 6.45) is 3.97. The second kappa shape index (κ2) is 7.37. The molecule has 27 heavy (non-hydrogen) atoms. The fourth-order valence-electron chi connectivity index (χ4n) is 2.91. The molecule has 0 unspecified atom stereocenters. The summed E-state index contributed by atoms with van der Waals surface area (Å²) in [5.74, 6) is 0.578. The van der Waals surface area contributed by atoms with Gasteiger partial charge >= 0.3 is 0 Å². The SMILES string of the molecule is Cc1cc(Cc2ccccc2)nc(Nc2ccc(-c3ncc[nH]3)c(F)c2)n1. The van der Waals surface area contributed by atoms with Crippen LogP contribution in [0.25, 0.3) is 11.4 Å². The van der Waals surface area contributed by atoms with Gasteiger partial charge in [-0.2, -0.15) is 0 Å². The molecule has 2 aromatic heterocycles. The molecular formula is C21H18FN5. The summed E-state index contributed by atoms with van der Waals surface area (Å²) in [5.41, 5.74) is 3.94. The molecule has 2 aromatic carbocycles. The molecule has 0 saturated carbocycles. The second-order valence-electron chi connectivity index (χ2n) is 6.24. The Morgan fingerprint density at radius 2 is 1.89 bits per heavy atom. The normalized spacial score (nSPS) is 10.7. The van der Waals surface area contributed by atoms with Crippen LogP contribution in [0.3, 0.4) is 0 Å². The Kier molecular flexibility index (Phi) is 4.61. The number of nitrogens with zero attached hydrogens (tertiary/aromatic N) is 3. The maximum atomic E-state index is 14.4. The summed E-state index contributed by atoms with van der Waals surface area (Å²) < 4.78 is 14.4. The van der Waals surface area contributed by atoms with Crippen molar-refractivity contribution < 1.29 is 4.39 Å². The van der Waals surface area contributed by atoms with E-state index in [1.807, 2.05) is 31.2 Å². The van der Waals surface area contributed by atoms with E-state index in [-0.39, 0.29) is 5.82 Å². The summed E-state index contributed by atoms with van der Waals surface area (Å²) in [7, 11) is 0. The van der Waals surface area contributed by atoms with Gasteiger partial charge in [-0.1, -0.05) is 30.3 Å². The van der Waals surface area contributed by atoms with Crippen LogP contribution in [0.1, 0.15) is 17.0 Å². The molecule has 6 heteroatoms. The van der Waals surface area contributed by atoms with Crippen LogP contribution in [0.4, 0.5) is 16.0 Å². The van der Waals surface area contributed by atoms with Crippen molar-refractivity contribution in [1.82, 2.24) is 19.9 Å². The minimum absolute atomic E-state index is 0.368. The first kappa shape index (κ1) is 16.9. The van der Waals surface area contributed by atoms with E-state index in [1.165, 1.54) is 11.6 Å². The van der Waals surface area contributed by atoms with Crippen LogP contribution in [0.15, 0.2) is 67.0 Å². The van der Waals surface area contributed by atoms with E-state index in [1.54, 1.807) is 24.5 Å². The van der Waals surface area contributed by atoms with Gasteiger partial charge in [0.2, 0.25) is 5.95 Å². The summed E-state index contributed by atoms with van der Waals surface area (Å²) in [6.45, 7) is 1.92. The predicted octanol–water partition coefficient (Wildman–Crippen LogP) is 4.65. The molecule has 4 aromatic rings. The van der Waals surface area contributed by atoms with Crippen molar-refractivity contribution in [2.75, 3.05) is 5.32 Å². The predicted molar refractivity (Wildman–Crippen MR) is 103 cm³/mol. The van der Waals surface area contributed by atoms with Crippen molar-refractivity contribution in [3.8, 4) is 11.4 Å². The Morgan fingerprint density at radius 1 is 1.04 bits per heavy atom. The summed E-state index contributed by atoms with van der Waals surface area (Å²) in [6, 6.07) is 17.0. The highest BCUT2D eigenvalue weighted by Gasteiger charge is 2.10. The van der Waals surface area contributed by atoms with Gasteiger partial charge in [0.15, 0.2) is 0 Å². The number of benzene rings is 2. The summed E-state index contributed by atoms with van der Waals surface area (Å²) in [5, 5.41) is 3.09. The zero-order chi connectivity index (χ0) is 18.6. The monoisotopic (exact) mass is 359 g/mol. The van der Waals surface area contributed by atoms with Crippen LogP contribution in [-0.2, 0) is 6.42 Å². The Balaban J connectivity index is 1.56. The van der Waals surface area contributed by atoms with Gasteiger partial charge in [0, 0.05) is 30.2 Å². The van der Waals surface area contributed by atoms with Gasteiger partial charge < -0.3 is 10.3 Å². The quantitative estimate of drug-likeness (QED) is 0.544. The maximum absolute atomic E-state index is 14.4. The lowest BCUT2D eigenvalue weighted by Crippen LogP contribution is -2.03. The molecule has 134 valence electrons. The number of aromatic amines is 1. The van der Waals surface area contributed by atoms with Crippen LogP contribution in [-0.4, -0.2) is 19.9 Å². The number of hydrogen-bond acceptors (Lipinski definition) is 4. The Labute approximate surface area is 156 Å². The Morgan fingerprint density at radius 3 is 2.63 bits per heavy atom. The van der Waals surface area contributed by atoms with Crippen LogP contribution >= 0.6 is 0 Å². The average Bonchev–Trinajstić information content (AvgIpc) is 3.16. The van der Waals surface area contributed by atoms with Gasteiger partial charge in [-0.3, -0.25) is 0 Å². The topological polar surface area (TPSA) is 66.5 Å². The Hall–Kier alpha value is -3.54. The van der Waals surface area contributed by atoms with Gasteiger partial charge in [0.1, 0.15) is 11.6 Å². The fraction of sp³-hybridized carbons (Fsp3) is 0.0952. The molecule has 0 spiro atoms. The lowest BCUT2D eigenvalue weighted by atomic mass is 10.1. The molecule has 0 aliphatic carbocycles. The number of aryl methyl sites for hydroxylation is 1. The van der Waals surface area contributed by atoms with Crippen molar-refractivity contribution in [2.24, 2.45) is 0 Å². The van der Waals surface area contributed by atoms with Crippen LogP contribution in [0.5, 0.6) is 0 Å². The van der Waals surface area contributed by atoms with Crippen LogP contribution in [0.2, 0.25) is 0 Å². The highest BCUT2D eigenvalue weighted by Crippen LogP contribution is 2.24. The first-order valence-corrected chi connectivity index (χ1v) is 8.62. The number of halogens is 1. The number of imidazole rings is 1. The molecule has 0 atom stereocenters. The third-order valence-electron chi connectivity index (χ3n) is 4.11. The number of H-pyrrole nitrogens is 1. The Bertz CT molecular complexity index is 1050. The molecule has 0 saturated heterocycles. The molecule has 0 amide bonds. The van der Waals surface area contributed by atoms with Gasteiger partial charge in [0.05, 0.1) is 11.3 Å². The largest absolute Gasteiger partial charge is 0.345 e. The zero-order valence-electron chi connectivity index (χ0n) is 14.8. The molecule has 4 rings (SSSR count). The van der Waals surface area contributed by atoms with Gasteiger partial charge in [-0.15, -0.1) is 0 Å². The fourth-order valence-corrected chi connectivity index (χ4v) is 2.91. The lowest BCUT2D eigenvalue weighted by molar-refractivity contribution is 0.631. The maximum Gasteiger partial charge on any atom is 0.227 e. The van der Waals surface area contributed by atoms with E-state index < -0.39 is 0 Å².